The number of carbonyl (C=O) groups excluding carboxylic acids is 1. The van der Waals surface area contributed by atoms with Crippen LogP contribution in [0.15, 0.2) is 47.4 Å². The van der Waals surface area contributed by atoms with E-state index in [2.05, 4.69) is 4.72 Å². The highest BCUT2D eigenvalue weighted by atomic mass is 35.5. The molecule has 1 aliphatic heterocycles. The molecule has 1 amide bonds. The van der Waals surface area contributed by atoms with E-state index in [1.807, 2.05) is 6.92 Å². The largest absolute Gasteiger partial charge is 0.482 e. The number of sulfonamides is 1. The first kappa shape index (κ1) is 17.6. The van der Waals surface area contributed by atoms with Gasteiger partial charge >= 0.3 is 0 Å². The van der Waals surface area contributed by atoms with Crippen LogP contribution in [0.3, 0.4) is 0 Å². The minimum absolute atomic E-state index is 0.0133. The summed E-state index contributed by atoms with van der Waals surface area (Å²) in [6.07, 6.45) is 0.781. The van der Waals surface area contributed by atoms with Crippen molar-refractivity contribution in [3.8, 4) is 5.75 Å². The summed E-state index contributed by atoms with van der Waals surface area (Å²) in [5.74, 6) is 0.406. The molecule has 1 heterocycles. The molecule has 6 nitrogen and oxygen atoms in total. The van der Waals surface area contributed by atoms with Crippen molar-refractivity contribution in [3.05, 3.63) is 47.5 Å². The Morgan fingerprint density at radius 3 is 2.76 bits per heavy atom. The average Bonchev–Trinajstić information content (AvgIpc) is 2.57. The average molecular weight is 381 g/mol. The highest BCUT2D eigenvalue weighted by Gasteiger charge is 2.25. The fourth-order valence-electron chi connectivity index (χ4n) is 2.58. The number of nitrogens with zero attached hydrogens (tertiary/aromatic N) is 1. The monoisotopic (exact) mass is 380 g/mol. The van der Waals surface area contributed by atoms with Crippen molar-refractivity contribution >= 4 is 38.9 Å². The quantitative estimate of drug-likeness (QED) is 0.863. The zero-order chi connectivity index (χ0) is 18.0. The second-order valence-corrected chi connectivity index (χ2v) is 7.70. The molecule has 0 saturated carbocycles. The van der Waals surface area contributed by atoms with E-state index in [0.717, 1.165) is 6.42 Å². The Morgan fingerprint density at radius 1 is 1.24 bits per heavy atom. The van der Waals surface area contributed by atoms with E-state index in [-0.39, 0.29) is 17.4 Å². The predicted octanol–water partition coefficient (Wildman–Crippen LogP) is 3.28. The summed E-state index contributed by atoms with van der Waals surface area (Å²) in [7, 11) is -3.78. The highest BCUT2D eigenvalue weighted by Crippen LogP contribution is 2.35. The number of fused-ring (bicyclic) bond motifs is 1. The molecular weight excluding hydrogens is 364 g/mol. The number of rotatable bonds is 5. The van der Waals surface area contributed by atoms with Gasteiger partial charge in [-0.1, -0.05) is 24.6 Å². The number of nitrogens with one attached hydrogen (secondary N) is 1. The van der Waals surface area contributed by atoms with E-state index in [1.54, 1.807) is 35.2 Å². The van der Waals surface area contributed by atoms with Gasteiger partial charge in [-0.05, 0) is 42.8 Å². The number of anilines is 2. The number of ether oxygens (including phenoxy) is 1. The Balaban J connectivity index is 1.93. The summed E-state index contributed by atoms with van der Waals surface area (Å²) in [6, 6.07) is 10.9. The van der Waals surface area contributed by atoms with Gasteiger partial charge in [-0.2, -0.15) is 0 Å². The molecule has 0 radical (unpaired) electrons. The van der Waals surface area contributed by atoms with Crippen LogP contribution in [0, 0.1) is 0 Å². The summed E-state index contributed by atoms with van der Waals surface area (Å²) < 4.78 is 32.9. The molecule has 132 valence electrons. The lowest BCUT2D eigenvalue weighted by Gasteiger charge is -2.29. The van der Waals surface area contributed by atoms with Crippen LogP contribution >= 0.6 is 11.6 Å². The van der Waals surface area contributed by atoms with Crippen LogP contribution in [-0.4, -0.2) is 27.5 Å². The normalized spacial score (nSPS) is 14.0. The van der Waals surface area contributed by atoms with Gasteiger partial charge in [-0.3, -0.25) is 9.52 Å². The third-order valence-electron chi connectivity index (χ3n) is 3.71. The number of carbonyl (C=O) groups is 1. The molecule has 1 aliphatic rings. The Hall–Kier alpha value is -2.25. The van der Waals surface area contributed by atoms with E-state index in [9.17, 15) is 13.2 Å². The molecule has 3 rings (SSSR count). The zero-order valence-electron chi connectivity index (χ0n) is 13.5. The minimum atomic E-state index is -3.78. The number of amides is 1. The number of benzene rings is 2. The molecule has 1 N–H and O–H groups in total. The van der Waals surface area contributed by atoms with E-state index in [0.29, 0.717) is 28.7 Å². The maximum atomic E-state index is 12.5. The molecule has 2 aromatic carbocycles. The minimum Gasteiger partial charge on any atom is -0.482 e. The van der Waals surface area contributed by atoms with E-state index in [1.165, 1.54) is 12.1 Å². The first-order valence-corrected chi connectivity index (χ1v) is 9.62. The second-order valence-electron chi connectivity index (χ2n) is 5.58. The van der Waals surface area contributed by atoms with Crippen LogP contribution in [0.2, 0.25) is 5.02 Å². The van der Waals surface area contributed by atoms with Crippen LogP contribution < -0.4 is 14.4 Å². The predicted molar refractivity (Wildman–Crippen MR) is 96.8 cm³/mol. The van der Waals surface area contributed by atoms with Gasteiger partial charge in [0.1, 0.15) is 5.75 Å². The lowest BCUT2D eigenvalue weighted by atomic mass is 10.2. The topological polar surface area (TPSA) is 75.7 Å². The summed E-state index contributed by atoms with van der Waals surface area (Å²) in [6.45, 7) is 2.49. The van der Waals surface area contributed by atoms with E-state index >= 15 is 0 Å². The third-order valence-corrected chi connectivity index (χ3v) is 5.32. The molecule has 0 spiro atoms. The van der Waals surface area contributed by atoms with Crippen LogP contribution in [0.1, 0.15) is 13.3 Å². The molecule has 0 aromatic heterocycles. The van der Waals surface area contributed by atoms with Gasteiger partial charge in [0.2, 0.25) is 0 Å². The maximum Gasteiger partial charge on any atom is 0.265 e. The van der Waals surface area contributed by atoms with Gasteiger partial charge < -0.3 is 9.64 Å². The van der Waals surface area contributed by atoms with Gasteiger partial charge in [0.15, 0.2) is 6.61 Å². The standard InChI is InChI=1S/C17H17ClN2O4S/c1-2-8-20-15-10-13(6-7-16(15)24-11-17(20)21)19-25(22,23)14-5-3-4-12(18)9-14/h3-7,9-10,19H,2,8,11H2,1H3. The molecule has 0 bridgehead atoms. The van der Waals surface area contributed by atoms with Gasteiger partial charge in [-0.25, -0.2) is 8.42 Å². The Kier molecular flexibility index (Phi) is 4.87. The van der Waals surface area contributed by atoms with Gasteiger partial charge in [0.25, 0.3) is 15.9 Å². The van der Waals surface area contributed by atoms with Crippen molar-refractivity contribution in [2.75, 3.05) is 22.8 Å². The van der Waals surface area contributed by atoms with Crippen molar-refractivity contribution in [2.45, 2.75) is 18.2 Å². The number of hydrogen-bond acceptors (Lipinski definition) is 4. The summed E-state index contributed by atoms with van der Waals surface area (Å²) in [4.78, 5) is 13.7. The van der Waals surface area contributed by atoms with Gasteiger partial charge in [0.05, 0.1) is 16.3 Å². The highest BCUT2D eigenvalue weighted by molar-refractivity contribution is 7.92. The van der Waals surface area contributed by atoms with E-state index < -0.39 is 10.0 Å². The lowest BCUT2D eigenvalue weighted by Crippen LogP contribution is -2.39. The van der Waals surface area contributed by atoms with Crippen LogP contribution in [0.5, 0.6) is 5.75 Å². The Labute approximate surface area is 151 Å². The van der Waals surface area contributed by atoms with Crippen molar-refractivity contribution in [1.29, 1.82) is 0 Å². The van der Waals surface area contributed by atoms with Crippen LogP contribution in [0.25, 0.3) is 0 Å². The smallest absolute Gasteiger partial charge is 0.265 e. The SMILES string of the molecule is CCCN1C(=O)COc2ccc(NS(=O)(=O)c3cccc(Cl)c3)cc21. The lowest BCUT2D eigenvalue weighted by molar-refractivity contribution is -0.121. The molecule has 0 fully saturated rings. The third kappa shape index (κ3) is 3.72. The second kappa shape index (κ2) is 6.93. The molecule has 0 aliphatic carbocycles. The Bertz CT molecular complexity index is 915. The van der Waals surface area contributed by atoms with Crippen molar-refractivity contribution < 1.29 is 17.9 Å². The molecule has 25 heavy (non-hydrogen) atoms. The molecule has 2 aromatic rings. The molecule has 8 heteroatoms. The summed E-state index contributed by atoms with van der Waals surface area (Å²) in [5.41, 5.74) is 0.905. The first-order chi connectivity index (χ1) is 11.9. The van der Waals surface area contributed by atoms with Gasteiger partial charge in [0, 0.05) is 11.6 Å². The van der Waals surface area contributed by atoms with Gasteiger partial charge in [-0.15, -0.1) is 0 Å². The molecule has 0 unspecified atom stereocenters. The van der Waals surface area contributed by atoms with Crippen LogP contribution in [-0.2, 0) is 14.8 Å². The van der Waals surface area contributed by atoms with Crippen LogP contribution in [0.4, 0.5) is 11.4 Å². The summed E-state index contributed by atoms with van der Waals surface area (Å²) >= 11 is 5.87. The van der Waals surface area contributed by atoms with E-state index in [4.69, 9.17) is 16.3 Å². The number of hydrogen-bond donors (Lipinski definition) is 1. The fraction of sp³-hybridized carbons (Fsp3) is 0.235. The number of halogens is 1. The molecule has 0 atom stereocenters. The zero-order valence-corrected chi connectivity index (χ0v) is 15.1. The van der Waals surface area contributed by atoms with Crippen molar-refractivity contribution in [3.63, 3.8) is 0 Å². The Morgan fingerprint density at radius 2 is 2.04 bits per heavy atom. The van der Waals surface area contributed by atoms with Crippen molar-refractivity contribution in [1.82, 2.24) is 0 Å². The van der Waals surface area contributed by atoms with Crippen molar-refractivity contribution in [2.24, 2.45) is 0 Å². The first-order valence-electron chi connectivity index (χ1n) is 7.76. The fourth-order valence-corrected chi connectivity index (χ4v) is 3.93. The maximum absolute atomic E-state index is 12.5. The molecule has 0 saturated heterocycles. The summed E-state index contributed by atoms with van der Waals surface area (Å²) in [5, 5.41) is 0.335. The molecular formula is C17H17ClN2O4S.